The van der Waals surface area contributed by atoms with E-state index < -0.39 is 0 Å². The van der Waals surface area contributed by atoms with Gasteiger partial charge in [-0.3, -0.25) is 0 Å². The first-order valence-electron chi connectivity index (χ1n) is 6.08. The minimum Gasteiger partial charge on any atom is -0.308 e. The highest BCUT2D eigenvalue weighted by Gasteiger charge is 2.09. The molecule has 0 radical (unpaired) electrons. The maximum atomic E-state index is 4.27. The number of nitrogens with zero attached hydrogens (tertiary/aromatic N) is 5. The fraction of sp³-hybridized carbons (Fsp3) is 0.333. The Hall–Kier alpha value is -1.86. The van der Waals surface area contributed by atoms with Crippen LogP contribution in [0.15, 0.2) is 23.7 Å². The van der Waals surface area contributed by atoms with E-state index in [1.165, 1.54) is 0 Å². The van der Waals surface area contributed by atoms with Crippen LogP contribution in [-0.4, -0.2) is 31.2 Å². The Kier molecular flexibility index (Phi) is 3.22. The lowest BCUT2D eigenvalue weighted by Crippen LogP contribution is -2.24. The second-order valence-electron chi connectivity index (χ2n) is 4.55. The molecule has 0 aliphatic rings. The number of hydrogen-bond donors (Lipinski definition) is 1. The Balaban J connectivity index is 1.94. The molecule has 0 fully saturated rings. The van der Waals surface area contributed by atoms with Crippen LogP contribution in [0.5, 0.6) is 0 Å². The van der Waals surface area contributed by atoms with Crippen LogP contribution in [0.1, 0.15) is 19.7 Å². The smallest absolute Gasteiger partial charge is 0.170 e. The van der Waals surface area contributed by atoms with Crippen molar-refractivity contribution in [2.75, 3.05) is 0 Å². The van der Waals surface area contributed by atoms with Gasteiger partial charge >= 0.3 is 0 Å². The molecule has 7 heteroatoms. The molecule has 0 amide bonds. The molecule has 0 spiro atoms. The molecule has 1 N–H and O–H groups in total. The van der Waals surface area contributed by atoms with Gasteiger partial charge in [0.05, 0.1) is 28.0 Å². The highest BCUT2D eigenvalue weighted by atomic mass is 32.1. The Labute approximate surface area is 114 Å². The van der Waals surface area contributed by atoms with Crippen molar-refractivity contribution in [2.24, 2.45) is 0 Å². The lowest BCUT2D eigenvalue weighted by atomic mass is 10.3. The van der Waals surface area contributed by atoms with Gasteiger partial charge in [0.15, 0.2) is 5.82 Å². The summed E-state index contributed by atoms with van der Waals surface area (Å²) in [6, 6.07) is 6.43. The summed E-state index contributed by atoms with van der Waals surface area (Å²) in [5.74, 6) is 0.803. The third-order valence-electron chi connectivity index (χ3n) is 2.76. The minimum atomic E-state index is 0.397. The van der Waals surface area contributed by atoms with Crippen molar-refractivity contribution in [1.29, 1.82) is 0 Å². The monoisotopic (exact) mass is 274 g/mol. The fourth-order valence-electron chi connectivity index (χ4n) is 1.79. The van der Waals surface area contributed by atoms with Gasteiger partial charge in [-0.1, -0.05) is 13.8 Å². The molecule has 3 rings (SSSR count). The van der Waals surface area contributed by atoms with E-state index >= 15 is 0 Å². The van der Waals surface area contributed by atoms with E-state index in [0.717, 1.165) is 21.7 Å². The summed E-state index contributed by atoms with van der Waals surface area (Å²) < 4.78 is 2.89. The van der Waals surface area contributed by atoms with E-state index in [4.69, 9.17) is 0 Å². The summed E-state index contributed by atoms with van der Waals surface area (Å²) in [4.78, 5) is 4.27. The van der Waals surface area contributed by atoms with Gasteiger partial charge in [0.2, 0.25) is 0 Å². The Morgan fingerprint density at radius 3 is 3.11 bits per heavy atom. The average Bonchev–Trinajstić information content (AvgIpc) is 3.04. The second-order valence-corrected chi connectivity index (χ2v) is 5.43. The first kappa shape index (κ1) is 12.2. The topological polar surface area (TPSA) is 68.5 Å². The molecule has 0 atom stereocenters. The lowest BCUT2D eigenvalue weighted by molar-refractivity contribution is 0.563. The number of nitrogens with one attached hydrogen (secondary N) is 1. The third kappa shape index (κ3) is 2.47. The molecule has 0 aliphatic carbocycles. The summed E-state index contributed by atoms with van der Waals surface area (Å²) in [7, 11) is 0. The highest BCUT2D eigenvalue weighted by Crippen LogP contribution is 2.21. The molecule has 1 aromatic carbocycles. The van der Waals surface area contributed by atoms with E-state index in [1.807, 2.05) is 17.6 Å². The number of thiazole rings is 1. The summed E-state index contributed by atoms with van der Waals surface area (Å²) in [5.41, 5.74) is 3.81. The number of fused-ring (bicyclic) bond motifs is 1. The van der Waals surface area contributed by atoms with Crippen molar-refractivity contribution in [1.82, 2.24) is 30.5 Å². The van der Waals surface area contributed by atoms with E-state index in [-0.39, 0.29) is 0 Å². The zero-order valence-electron chi connectivity index (χ0n) is 10.7. The van der Waals surface area contributed by atoms with Crippen molar-refractivity contribution in [3.05, 3.63) is 29.5 Å². The van der Waals surface area contributed by atoms with Crippen molar-refractivity contribution >= 4 is 21.6 Å². The Morgan fingerprint density at radius 1 is 1.37 bits per heavy atom. The van der Waals surface area contributed by atoms with Crippen LogP contribution >= 0.6 is 11.3 Å². The maximum Gasteiger partial charge on any atom is 0.170 e. The lowest BCUT2D eigenvalue weighted by Gasteiger charge is -2.08. The van der Waals surface area contributed by atoms with Gasteiger partial charge in [-0.05, 0) is 28.6 Å². The third-order valence-corrected chi connectivity index (χ3v) is 3.55. The Morgan fingerprint density at radius 2 is 2.26 bits per heavy atom. The van der Waals surface area contributed by atoms with Crippen LogP contribution in [-0.2, 0) is 6.54 Å². The van der Waals surface area contributed by atoms with Gasteiger partial charge in [-0.25, -0.2) is 4.98 Å². The predicted molar refractivity (Wildman–Crippen MR) is 74.3 cm³/mol. The molecule has 0 bridgehead atoms. The number of rotatable bonds is 4. The molecule has 2 aromatic heterocycles. The zero-order chi connectivity index (χ0) is 13.2. The molecule has 98 valence electrons. The summed E-state index contributed by atoms with van der Waals surface area (Å²) in [6.07, 6.45) is 0. The fourth-order valence-corrected chi connectivity index (χ4v) is 2.50. The number of aromatic nitrogens is 5. The molecule has 19 heavy (non-hydrogen) atoms. The normalized spacial score (nSPS) is 11.5. The van der Waals surface area contributed by atoms with Crippen LogP contribution in [0, 0.1) is 0 Å². The first-order chi connectivity index (χ1) is 9.24. The predicted octanol–water partition coefficient (Wildman–Crippen LogP) is 1.77. The van der Waals surface area contributed by atoms with Crippen LogP contribution < -0.4 is 5.32 Å². The molecular formula is C12H14N6S. The molecule has 2 heterocycles. The number of tetrazole rings is 1. The molecule has 0 unspecified atom stereocenters. The molecule has 6 nitrogen and oxygen atoms in total. The molecule has 0 aliphatic heterocycles. The minimum absolute atomic E-state index is 0.397. The number of benzene rings is 1. The quantitative estimate of drug-likeness (QED) is 0.785. The van der Waals surface area contributed by atoms with Gasteiger partial charge < -0.3 is 5.32 Å². The summed E-state index contributed by atoms with van der Waals surface area (Å²) in [5, 5.41) is 15.2. The van der Waals surface area contributed by atoms with E-state index in [0.29, 0.717) is 12.6 Å². The van der Waals surface area contributed by atoms with Crippen molar-refractivity contribution in [3.8, 4) is 5.69 Å². The summed E-state index contributed by atoms with van der Waals surface area (Å²) in [6.45, 7) is 4.83. The van der Waals surface area contributed by atoms with Crippen molar-refractivity contribution in [2.45, 2.75) is 26.4 Å². The standard InChI is InChI=1S/C12H14N6S/c1-8(2)13-6-12-15-16-17-18(12)9-3-4-10-11(5-9)19-7-14-10/h3-5,7-8,13H,6H2,1-2H3. The van der Waals surface area contributed by atoms with Gasteiger partial charge in [0.1, 0.15) is 0 Å². The van der Waals surface area contributed by atoms with Crippen LogP contribution in [0.25, 0.3) is 15.9 Å². The highest BCUT2D eigenvalue weighted by molar-refractivity contribution is 7.16. The first-order valence-corrected chi connectivity index (χ1v) is 6.96. The number of hydrogen-bond acceptors (Lipinski definition) is 6. The average molecular weight is 274 g/mol. The maximum absolute atomic E-state index is 4.27. The van der Waals surface area contributed by atoms with Gasteiger partial charge in [0.25, 0.3) is 0 Å². The SMILES string of the molecule is CC(C)NCc1nnnn1-c1ccc2ncsc2c1. The second kappa shape index (κ2) is 5.02. The van der Waals surface area contributed by atoms with Gasteiger partial charge in [-0.2, -0.15) is 4.68 Å². The molecule has 0 saturated carbocycles. The van der Waals surface area contributed by atoms with Crippen LogP contribution in [0.3, 0.4) is 0 Å². The zero-order valence-corrected chi connectivity index (χ0v) is 11.6. The van der Waals surface area contributed by atoms with E-state index in [9.17, 15) is 0 Å². The van der Waals surface area contributed by atoms with E-state index in [1.54, 1.807) is 16.0 Å². The largest absolute Gasteiger partial charge is 0.308 e. The Bertz CT molecular complexity index is 686. The van der Waals surface area contributed by atoms with Gasteiger partial charge in [0, 0.05) is 6.04 Å². The molecular weight excluding hydrogens is 260 g/mol. The van der Waals surface area contributed by atoms with Gasteiger partial charge in [-0.15, -0.1) is 16.4 Å². The molecule has 0 saturated heterocycles. The summed E-state index contributed by atoms with van der Waals surface area (Å²) >= 11 is 1.61. The van der Waals surface area contributed by atoms with Crippen molar-refractivity contribution < 1.29 is 0 Å². The van der Waals surface area contributed by atoms with Crippen LogP contribution in [0.4, 0.5) is 0 Å². The van der Waals surface area contributed by atoms with E-state index in [2.05, 4.69) is 45.7 Å². The molecule has 3 aromatic rings. The van der Waals surface area contributed by atoms with Crippen molar-refractivity contribution in [3.63, 3.8) is 0 Å². The van der Waals surface area contributed by atoms with Crippen LogP contribution in [0.2, 0.25) is 0 Å².